The van der Waals surface area contributed by atoms with Crippen LogP contribution in [0.5, 0.6) is 0 Å². The summed E-state index contributed by atoms with van der Waals surface area (Å²) in [4.78, 5) is -0.652. The number of hydrogen-bond acceptors (Lipinski definition) is 4. The predicted molar refractivity (Wildman–Crippen MR) is 76.0 cm³/mol. The Morgan fingerprint density at radius 1 is 1.38 bits per heavy atom. The fourth-order valence-electron chi connectivity index (χ4n) is 1.29. The van der Waals surface area contributed by atoms with Crippen molar-refractivity contribution in [2.24, 2.45) is 5.73 Å². The van der Waals surface area contributed by atoms with Crippen LogP contribution in [0.2, 0.25) is 0 Å². The molecule has 0 bridgehead atoms. The zero-order valence-electron chi connectivity index (χ0n) is 10.3. The molecule has 0 aliphatic heterocycles. The second kappa shape index (κ2) is 6.90. The molecule has 0 unspecified atom stereocenters. The zero-order chi connectivity index (χ0) is 16.3. The molecule has 11 heteroatoms. The quantitative estimate of drug-likeness (QED) is 0.460. The molecule has 1 aromatic carbocycles. The summed E-state index contributed by atoms with van der Waals surface area (Å²) in [6, 6.07) is 2.76. The van der Waals surface area contributed by atoms with Crippen molar-refractivity contribution >= 4 is 39.0 Å². The number of halogens is 4. The maximum Gasteiger partial charge on any atom is 0.441 e. The van der Waals surface area contributed by atoms with E-state index in [4.69, 9.17) is 5.73 Å². The smallest absolute Gasteiger partial charge is 0.389 e. The molecule has 1 aromatic rings. The van der Waals surface area contributed by atoms with Gasteiger partial charge in [-0.1, -0.05) is 12.2 Å². The lowest BCUT2D eigenvalue weighted by molar-refractivity contribution is -0.0327. The summed E-state index contributed by atoms with van der Waals surface area (Å²) in [5, 5.41) is 0. The summed E-state index contributed by atoms with van der Waals surface area (Å²) in [7, 11) is -4.06. The van der Waals surface area contributed by atoms with Gasteiger partial charge in [0.2, 0.25) is 10.0 Å². The molecule has 0 saturated heterocycles. The molecular weight excluding hydrogens is 352 g/mol. The molecule has 1 rings (SSSR count). The third-order valence-corrected chi connectivity index (χ3v) is 4.59. The van der Waals surface area contributed by atoms with Crippen LogP contribution in [0.15, 0.2) is 23.1 Å². The Kier molecular flexibility index (Phi) is 5.96. The van der Waals surface area contributed by atoms with Crippen molar-refractivity contribution < 1.29 is 26.0 Å². The monoisotopic (exact) mass is 362 g/mol. The Morgan fingerprint density at radius 2 is 2.00 bits per heavy atom. The number of benzene rings is 1. The molecule has 3 N–H and O–H groups in total. The van der Waals surface area contributed by atoms with Crippen LogP contribution in [0.4, 0.5) is 17.6 Å². The van der Waals surface area contributed by atoms with Crippen molar-refractivity contribution in [2.45, 2.75) is 10.4 Å². The number of thiocarbonyl (C=S) groups is 1. The van der Waals surface area contributed by atoms with Crippen LogP contribution in [0.25, 0.3) is 0 Å². The Labute approximate surface area is 128 Å². The fourth-order valence-corrected chi connectivity index (χ4v) is 3.07. The normalized spacial score (nSPS) is 12.4. The van der Waals surface area contributed by atoms with E-state index in [1.54, 1.807) is 0 Å². The van der Waals surface area contributed by atoms with Gasteiger partial charge in [0.25, 0.3) is 0 Å². The third-order valence-electron chi connectivity index (χ3n) is 2.17. The summed E-state index contributed by atoms with van der Waals surface area (Å²) < 4.78 is 74.7. The van der Waals surface area contributed by atoms with Gasteiger partial charge in [-0.3, -0.25) is 0 Å². The van der Waals surface area contributed by atoms with Crippen LogP contribution in [-0.4, -0.2) is 31.2 Å². The Morgan fingerprint density at radius 3 is 2.52 bits per heavy atom. The molecule has 21 heavy (non-hydrogen) atoms. The molecule has 0 amide bonds. The molecule has 0 saturated carbocycles. The van der Waals surface area contributed by atoms with Gasteiger partial charge in [-0.2, -0.15) is 13.2 Å². The van der Waals surface area contributed by atoms with E-state index in [1.165, 1.54) is 0 Å². The first kappa shape index (κ1) is 18.1. The van der Waals surface area contributed by atoms with Gasteiger partial charge in [0.1, 0.15) is 10.8 Å². The molecular formula is C10H10F4N2O2S3. The maximum atomic E-state index is 13.3. The largest absolute Gasteiger partial charge is 0.441 e. The summed E-state index contributed by atoms with van der Waals surface area (Å²) >= 11 is 4.23. The molecule has 0 aliphatic carbocycles. The molecule has 0 aromatic heterocycles. The fraction of sp³-hybridized carbons (Fsp3) is 0.300. The zero-order valence-corrected chi connectivity index (χ0v) is 12.7. The van der Waals surface area contributed by atoms with Crippen molar-refractivity contribution in [1.82, 2.24) is 4.72 Å². The molecule has 4 nitrogen and oxygen atoms in total. The highest BCUT2D eigenvalue weighted by Crippen LogP contribution is 2.29. The van der Waals surface area contributed by atoms with E-state index in [9.17, 15) is 26.0 Å². The first-order valence-electron chi connectivity index (χ1n) is 5.32. The Bertz CT molecular complexity index is 632. The average Bonchev–Trinajstić information content (AvgIpc) is 2.33. The summed E-state index contributed by atoms with van der Waals surface area (Å²) in [5.74, 6) is -1.26. The Balaban J connectivity index is 2.79. The molecule has 0 spiro atoms. The average molecular weight is 362 g/mol. The van der Waals surface area contributed by atoms with E-state index in [0.29, 0.717) is 0 Å². The van der Waals surface area contributed by atoms with E-state index in [2.05, 4.69) is 12.2 Å². The van der Waals surface area contributed by atoms with Crippen molar-refractivity contribution in [3.8, 4) is 0 Å². The first-order valence-corrected chi connectivity index (χ1v) is 8.20. The van der Waals surface area contributed by atoms with E-state index in [1.807, 2.05) is 4.72 Å². The minimum absolute atomic E-state index is 0.252. The van der Waals surface area contributed by atoms with Gasteiger partial charge in [-0.15, -0.1) is 0 Å². The van der Waals surface area contributed by atoms with Crippen LogP contribution in [0.3, 0.4) is 0 Å². The van der Waals surface area contributed by atoms with Crippen LogP contribution < -0.4 is 10.5 Å². The van der Waals surface area contributed by atoms with Crippen LogP contribution in [-0.2, 0) is 10.0 Å². The van der Waals surface area contributed by atoms with Crippen molar-refractivity contribution in [1.29, 1.82) is 0 Å². The van der Waals surface area contributed by atoms with Crippen molar-refractivity contribution in [2.75, 3.05) is 12.3 Å². The van der Waals surface area contributed by atoms with Crippen LogP contribution in [0.1, 0.15) is 5.56 Å². The minimum atomic E-state index is -4.43. The van der Waals surface area contributed by atoms with Gasteiger partial charge < -0.3 is 5.73 Å². The lowest BCUT2D eigenvalue weighted by Crippen LogP contribution is -2.27. The predicted octanol–water partition coefficient (Wildman–Crippen LogP) is 1.99. The number of thioether (sulfide) groups is 1. The van der Waals surface area contributed by atoms with Gasteiger partial charge in [-0.05, 0) is 30.0 Å². The first-order chi connectivity index (χ1) is 9.53. The molecule has 0 atom stereocenters. The number of nitrogens with one attached hydrogen (secondary N) is 1. The highest BCUT2D eigenvalue weighted by atomic mass is 32.2. The van der Waals surface area contributed by atoms with Gasteiger partial charge in [-0.25, -0.2) is 17.5 Å². The molecule has 118 valence electrons. The van der Waals surface area contributed by atoms with Crippen molar-refractivity contribution in [3.63, 3.8) is 0 Å². The van der Waals surface area contributed by atoms with E-state index in [0.717, 1.165) is 18.2 Å². The third kappa shape index (κ3) is 5.77. The number of sulfonamides is 1. The summed E-state index contributed by atoms with van der Waals surface area (Å²) in [6.07, 6.45) is 0. The standard InChI is InChI=1S/C10H10F4N2O2S3/c11-8-2-1-6(5-7(8)9(15)19)21(17,18)16-3-4-20-10(12,13)14/h1-2,5,16H,3-4H2,(H2,15,19). The summed E-state index contributed by atoms with van der Waals surface area (Å²) in [5.41, 5.74) is 0.562. The number of alkyl halides is 3. The van der Waals surface area contributed by atoms with Gasteiger partial charge in [0, 0.05) is 17.9 Å². The highest BCUT2D eigenvalue weighted by Gasteiger charge is 2.27. The summed E-state index contributed by atoms with van der Waals surface area (Å²) in [6.45, 7) is -0.424. The molecule has 0 aliphatic rings. The minimum Gasteiger partial charge on any atom is -0.389 e. The van der Waals surface area contributed by atoms with Crippen molar-refractivity contribution in [3.05, 3.63) is 29.6 Å². The van der Waals surface area contributed by atoms with Crippen LogP contribution >= 0.6 is 24.0 Å². The lowest BCUT2D eigenvalue weighted by Gasteiger charge is -2.09. The molecule has 0 heterocycles. The topological polar surface area (TPSA) is 72.2 Å². The second-order valence-electron chi connectivity index (χ2n) is 3.70. The molecule has 0 fully saturated rings. The lowest BCUT2D eigenvalue weighted by atomic mass is 10.2. The second-order valence-corrected chi connectivity index (χ2v) is 7.06. The highest BCUT2D eigenvalue weighted by molar-refractivity contribution is 8.00. The van der Waals surface area contributed by atoms with Gasteiger partial charge in [0.05, 0.1) is 4.90 Å². The number of hydrogen-bond donors (Lipinski definition) is 2. The molecule has 0 radical (unpaired) electrons. The van der Waals surface area contributed by atoms with Gasteiger partial charge in [0.15, 0.2) is 0 Å². The Hall–Kier alpha value is -0.910. The van der Waals surface area contributed by atoms with E-state index < -0.39 is 33.6 Å². The van der Waals surface area contributed by atoms with Gasteiger partial charge >= 0.3 is 5.51 Å². The van der Waals surface area contributed by atoms with E-state index >= 15 is 0 Å². The van der Waals surface area contributed by atoms with Crippen LogP contribution in [0, 0.1) is 5.82 Å². The number of rotatable bonds is 6. The van der Waals surface area contributed by atoms with E-state index in [-0.39, 0.29) is 27.2 Å². The SMILES string of the molecule is NC(=S)c1cc(S(=O)(=O)NCCSC(F)(F)F)ccc1F. The maximum absolute atomic E-state index is 13.3. The number of nitrogens with two attached hydrogens (primary N) is 1.